The highest BCUT2D eigenvalue weighted by atomic mass is 79.9. The number of ether oxygens (including phenoxy) is 1. The summed E-state index contributed by atoms with van der Waals surface area (Å²) in [6, 6.07) is 25.3. The summed E-state index contributed by atoms with van der Waals surface area (Å²) in [6.45, 7) is 2.35. The molecule has 0 atom stereocenters. The first-order chi connectivity index (χ1) is 17.0. The summed E-state index contributed by atoms with van der Waals surface area (Å²) in [5.74, 6) is 1.17. The van der Waals surface area contributed by atoms with Gasteiger partial charge in [-0.15, -0.1) is 0 Å². The summed E-state index contributed by atoms with van der Waals surface area (Å²) >= 11 is 9.92. The lowest BCUT2D eigenvalue weighted by atomic mass is 10.1. The average Bonchev–Trinajstić information content (AvgIpc) is 2.87. The van der Waals surface area contributed by atoms with Crippen molar-refractivity contribution >= 4 is 55.4 Å². The Kier molecular flexibility index (Phi) is 6.66. The third-order valence-electron chi connectivity index (χ3n) is 5.73. The molecule has 0 saturated carbocycles. The zero-order valence-corrected chi connectivity index (χ0v) is 21.3. The molecule has 0 unspecified atom stereocenters. The second-order valence-corrected chi connectivity index (χ2v) is 9.34. The molecule has 1 heterocycles. The van der Waals surface area contributed by atoms with Crippen LogP contribution in [0.25, 0.3) is 21.7 Å². The largest absolute Gasteiger partial charge is 0.487 e. The van der Waals surface area contributed by atoms with E-state index in [1.807, 2.05) is 49.4 Å². The van der Waals surface area contributed by atoms with Crippen molar-refractivity contribution in [3.63, 3.8) is 0 Å². The van der Waals surface area contributed by atoms with Crippen LogP contribution in [0.3, 0.4) is 0 Å². The molecule has 35 heavy (non-hydrogen) atoms. The molecule has 0 bridgehead atoms. The second-order valence-electron chi connectivity index (χ2n) is 8.02. The first kappa shape index (κ1) is 23.3. The third kappa shape index (κ3) is 4.85. The van der Waals surface area contributed by atoms with Gasteiger partial charge in [0.1, 0.15) is 18.2 Å². The summed E-state index contributed by atoms with van der Waals surface area (Å²) in [5.41, 5.74) is 2.27. The Balaban J connectivity index is 1.39. The fraction of sp³-hybridized carbons (Fsp3) is 0.107. The molecular weight excluding hydrogens is 526 g/mol. The van der Waals surface area contributed by atoms with Gasteiger partial charge < -0.3 is 4.74 Å². The molecule has 1 aromatic heterocycles. The number of hydrogen-bond acceptors (Lipinski definition) is 4. The zero-order chi connectivity index (χ0) is 24.4. The van der Waals surface area contributed by atoms with Crippen LogP contribution in [0.2, 0.25) is 5.02 Å². The van der Waals surface area contributed by atoms with Gasteiger partial charge in [0.2, 0.25) is 0 Å². The summed E-state index contributed by atoms with van der Waals surface area (Å²) in [7, 11) is 0. The molecule has 0 spiro atoms. The molecule has 0 saturated heterocycles. The molecule has 0 radical (unpaired) electrons. The summed E-state index contributed by atoms with van der Waals surface area (Å²) in [5, 5.41) is 7.73. The van der Waals surface area contributed by atoms with E-state index in [-0.39, 0.29) is 5.56 Å². The fourth-order valence-corrected chi connectivity index (χ4v) is 4.56. The predicted octanol–water partition coefficient (Wildman–Crippen LogP) is 6.99. The van der Waals surface area contributed by atoms with Crippen LogP contribution in [-0.2, 0) is 13.0 Å². The Morgan fingerprint density at radius 3 is 2.69 bits per heavy atom. The fourth-order valence-electron chi connectivity index (χ4n) is 3.96. The first-order valence-electron chi connectivity index (χ1n) is 11.2. The van der Waals surface area contributed by atoms with E-state index in [0.29, 0.717) is 40.5 Å². The van der Waals surface area contributed by atoms with Crippen LogP contribution in [0.5, 0.6) is 5.75 Å². The molecule has 0 aliphatic carbocycles. The maximum atomic E-state index is 13.1. The maximum absolute atomic E-state index is 13.1. The molecule has 0 aliphatic rings. The Morgan fingerprint density at radius 1 is 1.03 bits per heavy atom. The number of fused-ring (bicyclic) bond motifs is 2. The van der Waals surface area contributed by atoms with Gasteiger partial charge in [-0.3, -0.25) is 4.79 Å². The molecule has 0 amide bonds. The van der Waals surface area contributed by atoms with Gasteiger partial charge in [-0.25, -0.2) is 4.98 Å². The number of hydrogen-bond donors (Lipinski definition) is 0. The zero-order valence-electron chi connectivity index (χ0n) is 18.9. The van der Waals surface area contributed by atoms with Gasteiger partial charge in [-0.2, -0.15) is 9.78 Å². The van der Waals surface area contributed by atoms with Crippen molar-refractivity contribution in [2.75, 3.05) is 0 Å². The van der Waals surface area contributed by atoms with Gasteiger partial charge in [0, 0.05) is 10.9 Å². The van der Waals surface area contributed by atoms with E-state index in [4.69, 9.17) is 16.3 Å². The maximum Gasteiger partial charge on any atom is 0.282 e. The first-order valence-corrected chi connectivity index (χ1v) is 12.3. The van der Waals surface area contributed by atoms with Crippen molar-refractivity contribution in [1.29, 1.82) is 0 Å². The van der Waals surface area contributed by atoms with Crippen LogP contribution < -0.4 is 10.3 Å². The van der Waals surface area contributed by atoms with Gasteiger partial charge in [0.25, 0.3) is 5.56 Å². The smallest absolute Gasteiger partial charge is 0.282 e. The monoisotopic (exact) mass is 545 g/mol. The van der Waals surface area contributed by atoms with Crippen LogP contribution in [0.1, 0.15) is 23.9 Å². The summed E-state index contributed by atoms with van der Waals surface area (Å²) in [6.07, 6.45) is 2.17. The predicted molar refractivity (Wildman–Crippen MR) is 146 cm³/mol. The van der Waals surface area contributed by atoms with E-state index < -0.39 is 0 Å². The molecule has 0 N–H and O–H groups in total. The third-order valence-corrected chi connectivity index (χ3v) is 6.52. The van der Waals surface area contributed by atoms with Crippen molar-refractivity contribution in [2.45, 2.75) is 20.0 Å². The highest BCUT2D eigenvalue weighted by molar-refractivity contribution is 9.10. The summed E-state index contributed by atoms with van der Waals surface area (Å²) < 4.78 is 8.17. The second kappa shape index (κ2) is 10.0. The van der Waals surface area contributed by atoms with Crippen LogP contribution in [-0.4, -0.2) is 15.9 Å². The SMILES string of the molecule is CCc1nc2ccc(Br)cc2c(=O)n1N=Cc1ccc(OCc2cccc3ccccc23)c(Cl)c1. The lowest BCUT2D eigenvalue weighted by molar-refractivity contribution is 0.308. The van der Waals surface area contributed by atoms with E-state index >= 15 is 0 Å². The van der Waals surface area contributed by atoms with Crippen molar-refractivity contribution in [2.24, 2.45) is 5.10 Å². The lowest BCUT2D eigenvalue weighted by Crippen LogP contribution is -2.22. The van der Waals surface area contributed by atoms with E-state index in [9.17, 15) is 4.79 Å². The number of benzene rings is 4. The highest BCUT2D eigenvalue weighted by Crippen LogP contribution is 2.27. The normalized spacial score (nSPS) is 11.5. The highest BCUT2D eigenvalue weighted by Gasteiger charge is 2.10. The van der Waals surface area contributed by atoms with Gasteiger partial charge in [0.15, 0.2) is 0 Å². The molecule has 5 nitrogen and oxygen atoms in total. The molecule has 7 heteroatoms. The van der Waals surface area contributed by atoms with Gasteiger partial charge in [-0.1, -0.05) is 76.9 Å². The van der Waals surface area contributed by atoms with E-state index in [2.05, 4.69) is 50.3 Å². The topological polar surface area (TPSA) is 56.5 Å². The minimum Gasteiger partial charge on any atom is -0.487 e. The number of nitrogens with zero attached hydrogens (tertiary/aromatic N) is 3. The number of aryl methyl sites for hydroxylation is 1. The quantitative estimate of drug-likeness (QED) is 0.216. The number of rotatable bonds is 6. The minimum atomic E-state index is -0.217. The van der Waals surface area contributed by atoms with Crippen molar-refractivity contribution in [1.82, 2.24) is 9.66 Å². The van der Waals surface area contributed by atoms with E-state index in [1.54, 1.807) is 18.3 Å². The lowest BCUT2D eigenvalue weighted by Gasteiger charge is -2.11. The molecule has 5 rings (SSSR count). The van der Waals surface area contributed by atoms with Crippen molar-refractivity contribution < 1.29 is 4.74 Å². The molecule has 174 valence electrons. The molecule has 0 fully saturated rings. The average molecular weight is 547 g/mol. The van der Waals surface area contributed by atoms with Crippen LogP contribution in [0.4, 0.5) is 0 Å². The molecule has 4 aromatic carbocycles. The number of halogens is 2. The standard InChI is InChI=1S/C28H21BrClN3O2/c1-2-27-32-25-12-11-21(29)15-23(25)28(34)33(27)31-16-18-10-13-26(24(30)14-18)35-17-20-8-5-7-19-6-3-4-9-22(19)20/h3-16H,2,17H2,1H3. The molecule has 0 aliphatic heterocycles. The summed E-state index contributed by atoms with van der Waals surface area (Å²) in [4.78, 5) is 17.7. The van der Waals surface area contributed by atoms with Crippen LogP contribution in [0, 0.1) is 0 Å². The van der Waals surface area contributed by atoms with Crippen LogP contribution in [0.15, 0.2) is 93.2 Å². The van der Waals surface area contributed by atoms with Gasteiger partial charge >= 0.3 is 0 Å². The molecule has 5 aromatic rings. The Hall–Kier alpha value is -3.48. The molecular formula is C28H21BrClN3O2. The Bertz CT molecular complexity index is 1640. The van der Waals surface area contributed by atoms with Gasteiger partial charge in [-0.05, 0) is 58.3 Å². The van der Waals surface area contributed by atoms with Crippen molar-refractivity contribution in [3.05, 3.63) is 116 Å². The Labute approximate surface area is 215 Å². The van der Waals surface area contributed by atoms with Crippen molar-refractivity contribution in [3.8, 4) is 5.75 Å². The number of aromatic nitrogens is 2. The Morgan fingerprint density at radius 2 is 1.86 bits per heavy atom. The van der Waals surface area contributed by atoms with Crippen LogP contribution >= 0.6 is 27.5 Å². The minimum absolute atomic E-state index is 0.217. The van der Waals surface area contributed by atoms with E-state index in [1.165, 1.54) is 10.1 Å². The van der Waals surface area contributed by atoms with E-state index in [0.717, 1.165) is 21.0 Å². The van der Waals surface area contributed by atoms with Gasteiger partial charge in [0.05, 0.1) is 22.1 Å².